The summed E-state index contributed by atoms with van der Waals surface area (Å²) in [4.78, 5) is 11.6. The average molecular weight is 296 g/mol. The molecule has 0 fully saturated rings. The number of nitrogens with one attached hydrogen (secondary N) is 1. The highest BCUT2D eigenvalue weighted by Gasteiger charge is 2.31. The number of amides is 1. The van der Waals surface area contributed by atoms with Gasteiger partial charge in [0.05, 0.1) is 11.1 Å². The number of para-hydroxylation sites is 1. The number of halogens is 2. The van der Waals surface area contributed by atoms with E-state index in [0.717, 1.165) is 0 Å². The number of hydrogen-bond acceptors (Lipinski definition) is 4. The summed E-state index contributed by atoms with van der Waals surface area (Å²) in [6.45, 7) is -0.481. The Morgan fingerprint density at radius 2 is 2.00 bits per heavy atom. The largest absolute Gasteiger partial charge is 0.419 e. The molecule has 1 N–H and O–H groups in total. The molecule has 1 heterocycles. The lowest BCUT2D eigenvalue weighted by Gasteiger charge is -2.17. The number of rotatable bonds is 5. The number of carbonyl (C=O) groups is 1. The van der Waals surface area contributed by atoms with E-state index in [1.807, 2.05) is 0 Å². The molecule has 112 valence electrons. The van der Waals surface area contributed by atoms with Crippen LogP contribution in [0.15, 0.2) is 40.9 Å². The third-order valence-electron chi connectivity index (χ3n) is 2.90. The van der Waals surface area contributed by atoms with Crippen molar-refractivity contribution in [2.75, 3.05) is 18.7 Å². The van der Waals surface area contributed by atoms with Crippen molar-refractivity contribution in [3.63, 3.8) is 0 Å². The van der Waals surface area contributed by atoms with Crippen LogP contribution in [0, 0.1) is 0 Å². The van der Waals surface area contributed by atoms with Gasteiger partial charge in [-0.3, -0.25) is 5.32 Å². The van der Waals surface area contributed by atoms with Crippen molar-refractivity contribution >= 4 is 12.0 Å². The van der Waals surface area contributed by atoms with Gasteiger partial charge in [0.1, 0.15) is 19.1 Å². The topological polar surface area (TPSA) is 64.4 Å². The number of ether oxygens (including phenoxy) is 1. The van der Waals surface area contributed by atoms with Gasteiger partial charge in [-0.15, -0.1) is 0 Å². The first-order valence-corrected chi connectivity index (χ1v) is 6.20. The normalized spacial score (nSPS) is 11.2. The van der Waals surface area contributed by atoms with Gasteiger partial charge in [0, 0.05) is 6.07 Å². The second-order valence-electron chi connectivity index (χ2n) is 4.73. The molecule has 0 aliphatic rings. The quantitative estimate of drug-likeness (QED) is 0.917. The summed E-state index contributed by atoms with van der Waals surface area (Å²) >= 11 is 0. The molecule has 0 spiro atoms. The molecule has 0 aliphatic heterocycles. The van der Waals surface area contributed by atoms with E-state index in [4.69, 9.17) is 9.26 Å². The van der Waals surface area contributed by atoms with Gasteiger partial charge < -0.3 is 9.26 Å². The van der Waals surface area contributed by atoms with Crippen LogP contribution in [0.25, 0.3) is 0 Å². The first-order chi connectivity index (χ1) is 10.1. The molecule has 0 radical (unpaired) electrons. The Hall–Kier alpha value is -2.44. The van der Waals surface area contributed by atoms with Crippen molar-refractivity contribution in [2.45, 2.75) is 12.3 Å². The first kappa shape index (κ1) is 15.0. The Bertz CT molecular complexity index is 597. The lowest BCUT2D eigenvalue weighted by molar-refractivity contribution is 0.214. The highest BCUT2D eigenvalue weighted by molar-refractivity contribution is 5.84. The SMILES string of the molecule is CC(CF)(CF)c1cc(NC(=O)Oc2ccccc2)on1. The van der Waals surface area contributed by atoms with Crippen LogP contribution in [0.2, 0.25) is 0 Å². The molecule has 0 bridgehead atoms. The minimum atomic E-state index is -1.38. The molecule has 1 aromatic carbocycles. The summed E-state index contributed by atoms with van der Waals surface area (Å²) in [6.07, 6.45) is -0.786. The fourth-order valence-electron chi connectivity index (χ4n) is 1.51. The number of hydrogen-bond donors (Lipinski definition) is 1. The Morgan fingerprint density at radius 3 is 2.62 bits per heavy atom. The van der Waals surface area contributed by atoms with E-state index in [9.17, 15) is 13.6 Å². The van der Waals surface area contributed by atoms with Crippen LogP contribution in [-0.2, 0) is 5.41 Å². The average Bonchev–Trinajstić information content (AvgIpc) is 2.96. The Kier molecular flexibility index (Phi) is 4.52. The van der Waals surface area contributed by atoms with Crippen LogP contribution >= 0.6 is 0 Å². The highest BCUT2D eigenvalue weighted by Crippen LogP contribution is 2.26. The molecule has 1 aromatic heterocycles. The van der Waals surface area contributed by atoms with Crippen LogP contribution in [0.1, 0.15) is 12.6 Å². The molecular formula is C14H14F2N2O3. The first-order valence-electron chi connectivity index (χ1n) is 6.20. The molecule has 0 atom stereocenters. The summed E-state index contributed by atoms with van der Waals surface area (Å²) in [5, 5.41) is 5.86. The lowest BCUT2D eigenvalue weighted by atomic mass is 9.90. The maximum atomic E-state index is 12.9. The zero-order valence-electron chi connectivity index (χ0n) is 11.3. The van der Waals surface area contributed by atoms with Crippen LogP contribution < -0.4 is 10.1 Å². The van der Waals surface area contributed by atoms with Gasteiger partial charge in [-0.05, 0) is 19.1 Å². The van der Waals surface area contributed by atoms with Crippen molar-refractivity contribution in [1.29, 1.82) is 0 Å². The summed E-state index contributed by atoms with van der Waals surface area (Å²) in [5.41, 5.74) is -1.30. The monoisotopic (exact) mass is 296 g/mol. The molecule has 0 unspecified atom stereocenters. The zero-order chi connectivity index (χ0) is 15.3. The molecule has 1 amide bonds. The lowest BCUT2D eigenvalue weighted by Crippen LogP contribution is -2.27. The summed E-state index contributed by atoms with van der Waals surface area (Å²) in [7, 11) is 0. The number of aromatic nitrogens is 1. The predicted octanol–water partition coefficient (Wildman–Crippen LogP) is 3.48. The van der Waals surface area contributed by atoms with Crippen molar-refractivity contribution in [3.8, 4) is 5.75 Å². The van der Waals surface area contributed by atoms with Gasteiger partial charge in [0.2, 0.25) is 5.88 Å². The van der Waals surface area contributed by atoms with E-state index >= 15 is 0 Å². The third-order valence-corrected chi connectivity index (χ3v) is 2.90. The Balaban J connectivity index is 2.01. The maximum Gasteiger partial charge on any atom is 0.419 e. The standard InChI is InChI=1S/C14H14F2N2O3/c1-14(8-15,9-16)11-7-12(21-18-11)17-13(19)20-10-5-3-2-4-6-10/h2-7H,8-9H2,1H3,(H,17,19). The molecular weight excluding hydrogens is 282 g/mol. The van der Waals surface area contributed by atoms with E-state index in [1.54, 1.807) is 30.3 Å². The highest BCUT2D eigenvalue weighted by atomic mass is 19.1. The molecule has 2 aromatic rings. The number of anilines is 1. The van der Waals surface area contributed by atoms with Crippen molar-refractivity contribution in [2.24, 2.45) is 0 Å². The molecule has 5 nitrogen and oxygen atoms in total. The molecule has 0 aliphatic carbocycles. The molecule has 0 saturated heterocycles. The smallest absolute Gasteiger partial charge is 0.410 e. The second kappa shape index (κ2) is 6.34. The van der Waals surface area contributed by atoms with Crippen molar-refractivity contribution < 1.29 is 22.8 Å². The van der Waals surface area contributed by atoms with Gasteiger partial charge in [-0.2, -0.15) is 0 Å². The zero-order valence-corrected chi connectivity index (χ0v) is 11.3. The van der Waals surface area contributed by atoms with Crippen LogP contribution in [0.4, 0.5) is 19.5 Å². The van der Waals surface area contributed by atoms with Gasteiger partial charge in [0.15, 0.2) is 0 Å². The number of alkyl halides is 2. The third kappa shape index (κ3) is 3.56. The van der Waals surface area contributed by atoms with Crippen molar-refractivity contribution in [3.05, 3.63) is 42.1 Å². The Morgan fingerprint density at radius 1 is 1.33 bits per heavy atom. The minimum absolute atomic E-state index is 0.0425. The number of carbonyl (C=O) groups excluding carboxylic acids is 1. The van der Waals surface area contributed by atoms with E-state index in [2.05, 4.69) is 10.5 Å². The summed E-state index contributed by atoms with van der Waals surface area (Å²) in [6, 6.07) is 9.68. The number of nitrogens with zero attached hydrogens (tertiary/aromatic N) is 1. The Labute approximate surface area is 119 Å². The maximum absolute atomic E-state index is 12.9. The van der Waals surface area contributed by atoms with E-state index in [0.29, 0.717) is 5.75 Å². The van der Waals surface area contributed by atoms with Gasteiger partial charge in [-0.25, -0.2) is 13.6 Å². The fraction of sp³-hybridized carbons (Fsp3) is 0.286. The fourth-order valence-corrected chi connectivity index (χ4v) is 1.51. The van der Waals surface area contributed by atoms with Crippen molar-refractivity contribution in [1.82, 2.24) is 5.16 Å². The summed E-state index contributed by atoms with van der Waals surface area (Å²) in [5.74, 6) is 0.311. The van der Waals surface area contributed by atoms with Gasteiger partial charge in [0.25, 0.3) is 0 Å². The molecule has 0 saturated carbocycles. The van der Waals surface area contributed by atoms with Crippen LogP contribution in [-0.4, -0.2) is 24.6 Å². The molecule has 2 rings (SSSR count). The predicted molar refractivity (Wildman–Crippen MR) is 71.9 cm³/mol. The van der Waals surface area contributed by atoms with Gasteiger partial charge in [-0.1, -0.05) is 23.4 Å². The summed E-state index contributed by atoms with van der Waals surface area (Å²) < 4.78 is 35.5. The molecule has 21 heavy (non-hydrogen) atoms. The van der Waals surface area contributed by atoms with Gasteiger partial charge >= 0.3 is 6.09 Å². The second-order valence-corrected chi connectivity index (χ2v) is 4.73. The van der Waals surface area contributed by atoms with E-state index < -0.39 is 24.9 Å². The van der Waals surface area contributed by atoms with E-state index in [1.165, 1.54) is 13.0 Å². The number of benzene rings is 1. The van der Waals surface area contributed by atoms with Crippen LogP contribution in [0.3, 0.4) is 0 Å². The molecule has 7 heteroatoms. The minimum Gasteiger partial charge on any atom is -0.410 e. The van der Waals surface area contributed by atoms with E-state index in [-0.39, 0.29) is 11.6 Å². The van der Waals surface area contributed by atoms with Crippen LogP contribution in [0.5, 0.6) is 5.75 Å².